The topological polar surface area (TPSA) is 76.6 Å². The van der Waals surface area contributed by atoms with Gasteiger partial charge in [-0.25, -0.2) is 4.79 Å². The lowest BCUT2D eigenvalue weighted by Gasteiger charge is -2.17. The summed E-state index contributed by atoms with van der Waals surface area (Å²) >= 11 is 0. The Morgan fingerprint density at radius 3 is 2.88 bits per heavy atom. The number of amides is 2. The molecule has 1 N–H and O–H groups in total. The largest absolute Gasteiger partial charge is 0.497 e. The number of rotatable bonds is 6. The van der Waals surface area contributed by atoms with Gasteiger partial charge in [-0.2, -0.15) is 5.10 Å². The first-order valence-electron chi connectivity index (χ1n) is 8.34. The predicted molar refractivity (Wildman–Crippen MR) is 92.7 cm³/mol. The van der Waals surface area contributed by atoms with Crippen molar-refractivity contribution in [2.75, 3.05) is 26.7 Å². The Morgan fingerprint density at radius 2 is 2.16 bits per heavy atom. The Bertz CT molecular complexity index is 678. The number of carbonyl (C=O) groups is 1. The lowest BCUT2D eigenvalue weighted by Crippen LogP contribution is -2.40. The van der Waals surface area contributed by atoms with E-state index in [2.05, 4.69) is 15.5 Å². The second-order valence-electron chi connectivity index (χ2n) is 5.87. The van der Waals surface area contributed by atoms with Crippen LogP contribution in [0.3, 0.4) is 0 Å². The monoisotopic (exact) mass is 342 g/mol. The number of ether oxygens (including phenoxy) is 2. The molecule has 1 aromatic carbocycles. The maximum absolute atomic E-state index is 12.2. The number of hydrogen-bond donors (Lipinski definition) is 1. The van der Waals surface area contributed by atoms with Crippen molar-refractivity contribution in [2.45, 2.75) is 18.9 Å². The minimum atomic E-state index is -0.0567. The summed E-state index contributed by atoms with van der Waals surface area (Å²) in [5.74, 6) is 1.33. The summed E-state index contributed by atoms with van der Waals surface area (Å²) in [6.07, 6.45) is 3.14. The first kappa shape index (κ1) is 17.0. The van der Waals surface area contributed by atoms with Crippen molar-refractivity contribution in [3.8, 4) is 11.6 Å². The third-order valence-electron chi connectivity index (χ3n) is 4.12. The van der Waals surface area contributed by atoms with Crippen molar-refractivity contribution in [2.24, 2.45) is 0 Å². The van der Waals surface area contributed by atoms with Crippen LogP contribution in [0, 0.1) is 0 Å². The molecule has 2 aromatic rings. The fourth-order valence-corrected chi connectivity index (χ4v) is 2.75. The fourth-order valence-electron chi connectivity index (χ4n) is 2.75. The highest BCUT2D eigenvalue weighted by Crippen LogP contribution is 2.16. The molecule has 2 amide bonds. The summed E-state index contributed by atoms with van der Waals surface area (Å²) in [4.78, 5) is 14.0. The Balaban J connectivity index is 1.40. The summed E-state index contributed by atoms with van der Waals surface area (Å²) in [5.41, 5.74) is 1.16. The Hall–Kier alpha value is -2.83. The van der Waals surface area contributed by atoms with E-state index in [-0.39, 0.29) is 12.1 Å². The van der Waals surface area contributed by atoms with Crippen LogP contribution in [-0.4, -0.2) is 54.0 Å². The molecule has 1 saturated heterocycles. The molecule has 1 aliphatic rings. The number of carbonyl (C=O) groups excluding carboxylic acids is 1. The van der Waals surface area contributed by atoms with Gasteiger partial charge in [-0.3, -0.25) is 0 Å². The van der Waals surface area contributed by atoms with Crippen molar-refractivity contribution < 1.29 is 14.3 Å². The molecule has 25 heavy (non-hydrogen) atoms. The van der Waals surface area contributed by atoms with E-state index in [9.17, 15) is 4.79 Å². The zero-order valence-corrected chi connectivity index (χ0v) is 14.2. The van der Waals surface area contributed by atoms with Gasteiger partial charge in [-0.05, 0) is 30.2 Å². The van der Waals surface area contributed by atoms with E-state index in [0.29, 0.717) is 25.5 Å². The van der Waals surface area contributed by atoms with Crippen LogP contribution in [0.25, 0.3) is 0 Å². The van der Waals surface area contributed by atoms with Crippen LogP contribution in [0.2, 0.25) is 0 Å². The van der Waals surface area contributed by atoms with Gasteiger partial charge in [0, 0.05) is 31.8 Å². The molecule has 2 heterocycles. The number of nitrogens with one attached hydrogen (secondary N) is 1. The van der Waals surface area contributed by atoms with Crippen LogP contribution in [0.15, 0.2) is 42.6 Å². The summed E-state index contributed by atoms with van der Waals surface area (Å²) in [6.45, 7) is 1.83. The second kappa shape index (κ2) is 8.32. The molecule has 3 rings (SSSR count). The first-order chi connectivity index (χ1) is 12.2. The maximum atomic E-state index is 12.2. The number of hydrogen-bond acceptors (Lipinski definition) is 5. The highest BCUT2D eigenvalue weighted by molar-refractivity contribution is 5.74. The van der Waals surface area contributed by atoms with Crippen molar-refractivity contribution in [3.63, 3.8) is 0 Å². The molecule has 0 spiro atoms. The number of nitrogens with zero attached hydrogens (tertiary/aromatic N) is 3. The second-order valence-corrected chi connectivity index (χ2v) is 5.87. The van der Waals surface area contributed by atoms with E-state index in [4.69, 9.17) is 9.47 Å². The molecule has 0 bridgehead atoms. The first-order valence-corrected chi connectivity index (χ1v) is 8.34. The summed E-state index contributed by atoms with van der Waals surface area (Å²) in [5, 5.41) is 10.7. The summed E-state index contributed by atoms with van der Waals surface area (Å²) in [7, 11) is 1.65. The predicted octanol–water partition coefficient (Wildman–Crippen LogP) is 1.89. The average molecular weight is 342 g/mol. The SMILES string of the molecule is COc1ccc(CCNC(=O)N2CC[C@@H](Oc3cccnn3)C2)cc1. The molecular weight excluding hydrogens is 320 g/mol. The van der Waals surface area contributed by atoms with Crippen LogP contribution in [0.1, 0.15) is 12.0 Å². The summed E-state index contributed by atoms with van der Waals surface area (Å²) < 4.78 is 10.9. The van der Waals surface area contributed by atoms with E-state index in [0.717, 1.165) is 24.2 Å². The number of urea groups is 1. The Kier molecular flexibility index (Phi) is 5.66. The van der Waals surface area contributed by atoms with Gasteiger partial charge in [0.05, 0.1) is 13.7 Å². The van der Waals surface area contributed by atoms with E-state index in [1.807, 2.05) is 24.3 Å². The van der Waals surface area contributed by atoms with Gasteiger partial charge in [-0.15, -0.1) is 5.10 Å². The average Bonchev–Trinajstić information content (AvgIpc) is 3.12. The van der Waals surface area contributed by atoms with E-state index in [1.165, 1.54) is 0 Å². The number of methoxy groups -OCH3 is 1. The standard InChI is InChI=1S/C18H22N4O3/c1-24-15-6-4-14(5-7-15)8-11-19-18(23)22-12-9-16(13-22)25-17-3-2-10-20-21-17/h2-7,10,16H,8-9,11-13H2,1H3,(H,19,23)/t16-/m1/s1. The maximum Gasteiger partial charge on any atom is 0.317 e. The molecule has 0 aliphatic carbocycles. The third kappa shape index (κ3) is 4.82. The highest BCUT2D eigenvalue weighted by Gasteiger charge is 2.27. The minimum Gasteiger partial charge on any atom is -0.497 e. The molecule has 0 unspecified atom stereocenters. The van der Waals surface area contributed by atoms with Crippen molar-refractivity contribution in [1.82, 2.24) is 20.4 Å². The van der Waals surface area contributed by atoms with Gasteiger partial charge in [0.2, 0.25) is 5.88 Å². The molecule has 1 atom stereocenters. The molecule has 7 heteroatoms. The number of aromatic nitrogens is 2. The van der Waals surface area contributed by atoms with Gasteiger partial charge in [0.1, 0.15) is 11.9 Å². The highest BCUT2D eigenvalue weighted by atomic mass is 16.5. The quantitative estimate of drug-likeness (QED) is 0.867. The van der Waals surface area contributed by atoms with Crippen LogP contribution in [-0.2, 0) is 6.42 Å². The van der Waals surface area contributed by atoms with Crippen LogP contribution in [0.4, 0.5) is 4.79 Å². The molecule has 1 aliphatic heterocycles. The smallest absolute Gasteiger partial charge is 0.317 e. The molecule has 1 aromatic heterocycles. The van der Waals surface area contributed by atoms with E-state index in [1.54, 1.807) is 30.3 Å². The van der Waals surface area contributed by atoms with Gasteiger partial charge in [0.25, 0.3) is 0 Å². The van der Waals surface area contributed by atoms with Crippen LogP contribution < -0.4 is 14.8 Å². The molecule has 7 nitrogen and oxygen atoms in total. The Labute approximate surface area is 147 Å². The van der Waals surface area contributed by atoms with E-state index < -0.39 is 0 Å². The number of likely N-dealkylation sites (tertiary alicyclic amines) is 1. The van der Waals surface area contributed by atoms with Crippen molar-refractivity contribution in [1.29, 1.82) is 0 Å². The lowest BCUT2D eigenvalue weighted by molar-refractivity contribution is 0.182. The molecule has 0 saturated carbocycles. The Morgan fingerprint density at radius 1 is 1.32 bits per heavy atom. The molecule has 132 valence electrons. The van der Waals surface area contributed by atoms with Crippen LogP contribution in [0.5, 0.6) is 11.6 Å². The van der Waals surface area contributed by atoms with Gasteiger partial charge in [-0.1, -0.05) is 12.1 Å². The van der Waals surface area contributed by atoms with Gasteiger partial charge in [0.15, 0.2) is 0 Å². The zero-order chi connectivity index (χ0) is 17.5. The molecule has 1 fully saturated rings. The van der Waals surface area contributed by atoms with Crippen LogP contribution >= 0.6 is 0 Å². The van der Waals surface area contributed by atoms with Gasteiger partial charge >= 0.3 is 6.03 Å². The molecule has 0 radical (unpaired) electrons. The fraction of sp³-hybridized carbons (Fsp3) is 0.389. The van der Waals surface area contributed by atoms with Crippen molar-refractivity contribution in [3.05, 3.63) is 48.2 Å². The van der Waals surface area contributed by atoms with Crippen molar-refractivity contribution >= 4 is 6.03 Å². The number of benzene rings is 1. The molecular formula is C18H22N4O3. The lowest BCUT2D eigenvalue weighted by atomic mass is 10.1. The minimum absolute atomic E-state index is 0.0379. The van der Waals surface area contributed by atoms with E-state index >= 15 is 0 Å². The summed E-state index contributed by atoms with van der Waals surface area (Å²) in [6, 6.07) is 11.3. The normalized spacial score (nSPS) is 16.5. The third-order valence-corrected chi connectivity index (χ3v) is 4.12. The van der Waals surface area contributed by atoms with Gasteiger partial charge < -0.3 is 19.7 Å². The zero-order valence-electron chi connectivity index (χ0n) is 14.2.